The third-order valence-electron chi connectivity index (χ3n) is 2.47. The zero-order valence-electron chi connectivity index (χ0n) is 10.3. The molecule has 1 rings (SSSR count). The van der Waals surface area contributed by atoms with Gasteiger partial charge in [0.2, 0.25) is 0 Å². The van der Waals surface area contributed by atoms with Crippen LogP contribution in [0.5, 0.6) is 5.75 Å². The first-order valence-corrected chi connectivity index (χ1v) is 5.43. The van der Waals surface area contributed by atoms with Crippen LogP contribution in [0.25, 0.3) is 0 Å². The molecular formula is C11H16BF2NO3. The van der Waals surface area contributed by atoms with Gasteiger partial charge in [0, 0.05) is 12.0 Å². The largest absolute Gasteiger partial charge is 0.497 e. The highest BCUT2D eigenvalue weighted by Crippen LogP contribution is 2.12. The van der Waals surface area contributed by atoms with Crippen molar-refractivity contribution in [1.82, 2.24) is 4.90 Å². The molecule has 0 saturated carbocycles. The van der Waals surface area contributed by atoms with Gasteiger partial charge in [-0.1, -0.05) is 12.1 Å². The van der Waals surface area contributed by atoms with Gasteiger partial charge in [0.25, 0.3) is 6.43 Å². The Morgan fingerprint density at radius 2 is 2.06 bits per heavy atom. The predicted molar refractivity (Wildman–Crippen MR) is 65.2 cm³/mol. The van der Waals surface area contributed by atoms with Gasteiger partial charge in [0.15, 0.2) is 0 Å². The lowest BCUT2D eigenvalue weighted by molar-refractivity contribution is 0.0975. The average Bonchev–Trinajstić information content (AvgIpc) is 2.27. The fourth-order valence-corrected chi connectivity index (χ4v) is 1.70. The summed E-state index contributed by atoms with van der Waals surface area (Å²) >= 11 is 0. The van der Waals surface area contributed by atoms with E-state index in [2.05, 4.69) is 0 Å². The molecule has 0 unspecified atom stereocenters. The van der Waals surface area contributed by atoms with Crippen molar-refractivity contribution in [3.63, 3.8) is 0 Å². The number of methoxy groups -OCH3 is 1. The Kier molecular flexibility index (Phi) is 5.52. The third kappa shape index (κ3) is 4.25. The molecule has 7 heteroatoms. The van der Waals surface area contributed by atoms with Crippen molar-refractivity contribution >= 4 is 12.6 Å². The number of ether oxygens (including phenoxy) is 1. The Balaban J connectivity index is 2.81. The third-order valence-corrected chi connectivity index (χ3v) is 2.47. The highest BCUT2D eigenvalue weighted by Gasteiger charge is 2.18. The van der Waals surface area contributed by atoms with Gasteiger partial charge in [-0.2, -0.15) is 0 Å². The SMILES string of the molecule is COc1ccc(CN(C)CC(F)F)cc1B(O)O. The van der Waals surface area contributed by atoms with E-state index in [-0.39, 0.29) is 12.0 Å². The van der Waals surface area contributed by atoms with Crippen LogP contribution in [0.4, 0.5) is 8.78 Å². The van der Waals surface area contributed by atoms with Crippen LogP contribution in [0.15, 0.2) is 18.2 Å². The normalized spacial score (nSPS) is 11.1. The van der Waals surface area contributed by atoms with Crippen LogP contribution in [-0.4, -0.2) is 49.2 Å². The van der Waals surface area contributed by atoms with Gasteiger partial charge in [-0.3, -0.25) is 4.90 Å². The molecule has 0 aliphatic heterocycles. The van der Waals surface area contributed by atoms with Crippen molar-refractivity contribution < 1.29 is 23.6 Å². The van der Waals surface area contributed by atoms with Crippen LogP contribution in [0.2, 0.25) is 0 Å². The molecule has 0 bridgehead atoms. The maximum Gasteiger partial charge on any atom is 0.492 e. The van der Waals surface area contributed by atoms with Crippen molar-refractivity contribution in [3.05, 3.63) is 23.8 Å². The second-order valence-corrected chi connectivity index (χ2v) is 4.04. The summed E-state index contributed by atoms with van der Waals surface area (Å²) in [6, 6.07) is 4.82. The molecule has 0 spiro atoms. The molecule has 0 aromatic heterocycles. The fraction of sp³-hybridized carbons (Fsp3) is 0.455. The van der Waals surface area contributed by atoms with E-state index in [0.29, 0.717) is 17.9 Å². The fourth-order valence-electron chi connectivity index (χ4n) is 1.70. The smallest absolute Gasteiger partial charge is 0.492 e. The number of hydrogen-bond acceptors (Lipinski definition) is 4. The average molecular weight is 259 g/mol. The second kappa shape index (κ2) is 6.68. The monoisotopic (exact) mass is 259 g/mol. The van der Waals surface area contributed by atoms with Crippen LogP contribution < -0.4 is 10.2 Å². The molecule has 2 N–H and O–H groups in total. The summed E-state index contributed by atoms with van der Waals surface area (Å²) in [6.45, 7) is -0.0307. The first kappa shape index (κ1) is 14.9. The van der Waals surface area contributed by atoms with E-state index in [0.717, 1.165) is 0 Å². The van der Waals surface area contributed by atoms with Crippen molar-refractivity contribution in [2.75, 3.05) is 20.7 Å². The zero-order valence-corrected chi connectivity index (χ0v) is 10.3. The van der Waals surface area contributed by atoms with Crippen molar-refractivity contribution in [2.45, 2.75) is 13.0 Å². The molecule has 0 radical (unpaired) electrons. The van der Waals surface area contributed by atoms with Gasteiger partial charge in [0.1, 0.15) is 5.75 Å². The van der Waals surface area contributed by atoms with Gasteiger partial charge in [0.05, 0.1) is 13.7 Å². The molecule has 100 valence electrons. The van der Waals surface area contributed by atoms with Gasteiger partial charge in [-0.05, 0) is 18.7 Å². The van der Waals surface area contributed by atoms with E-state index in [9.17, 15) is 18.8 Å². The summed E-state index contributed by atoms with van der Waals surface area (Å²) in [7, 11) is 1.34. The highest BCUT2D eigenvalue weighted by molar-refractivity contribution is 6.59. The van der Waals surface area contributed by atoms with Gasteiger partial charge >= 0.3 is 7.12 Å². The minimum atomic E-state index is -2.39. The Morgan fingerprint density at radius 1 is 1.39 bits per heavy atom. The number of hydrogen-bond donors (Lipinski definition) is 2. The molecule has 0 heterocycles. The van der Waals surface area contributed by atoms with Gasteiger partial charge < -0.3 is 14.8 Å². The van der Waals surface area contributed by atoms with E-state index in [1.807, 2.05) is 0 Å². The van der Waals surface area contributed by atoms with E-state index >= 15 is 0 Å². The number of benzene rings is 1. The molecule has 1 aromatic carbocycles. The second-order valence-electron chi connectivity index (χ2n) is 4.04. The predicted octanol–water partition coefficient (Wildman–Crippen LogP) is 0.0719. The summed E-state index contributed by atoms with van der Waals surface area (Å²) in [4.78, 5) is 1.46. The minimum absolute atomic E-state index is 0.223. The molecule has 0 aliphatic rings. The summed E-state index contributed by atoms with van der Waals surface area (Å²) in [5.41, 5.74) is 0.933. The lowest BCUT2D eigenvalue weighted by Crippen LogP contribution is -2.32. The lowest BCUT2D eigenvalue weighted by Gasteiger charge is -2.17. The molecule has 0 amide bonds. The molecule has 0 saturated heterocycles. The van der Waals surface area contributed by atoms with Crippen LogP contribution >= 0.6 is 0 Å². The van der Waals surface area contributed by atoms with E-state index in [1.54, 1.807) is 19.2 Å². The molecule has 1 aromatic rings. The topological polar surface area (TPSA) is 52.9 Å². The maximum atomic E-state index is 12.2. The van der Waals surface area contributed by atoms with Crippen LogP contribution in [0.1, 0.15) is 5.56 Å². The van der Waals surface area contributed by atoms with E-state index < -0.39 is 13.5 Å². The van der Waals surface area contributed by atoms with E-state index in [4.69, 9.17) is 4.74 Å². The molecule has 0 aliphatic carbocycles. The van der Waals surface area contributed by atoms with Crippen LogP contribution in [-0.2, 0) is 6.54 Å². The maximum absolute atomic E-state index is 12.2. The molecule has 18 heavy (non-hydrogen) atoms. The van der Waals surface area contributed by atoms with Gasteiger partial charge in [-0.15, -0.1) is 0 Å². The highest BCUT2D eigenvalue weighted by atomic mass is 19.3. The zero-order chi connectivity index (χ0) is 13.7. The van der Waals surface area contributed by atoms with Crippen molar-refractivity contribution in [3.8, 4) is 5.75 Å². The Bertz CT molecular complexity index is 391. The van der Waals surface area contributed by atoms with E-state index in [1.165, 1.54) is 18.1 Å². The molecule has 0 fully saturated rings. The first-order chi connectivity index (χ1) is 8.43. The number of halogens is 2. The summed E-state index contributed by atoms with van der Waals surface area (Å²) in [6.07, 6.45) is -2.39. The summed E-state index contributed by atoms with van der Waals surface area (Å²) in [5.74, 6) is 0.352. The standard InChI is InChI=1S/C11H16BF2NO3/c1-15(7-11(13)14)6-8-3-4-10(18-2)9(5-8)12(16)17/h3-5,11,16-17H,6-7H2,1-2H3. The Labute approximate surface area is 105 Å². The quantitative estimate of drug-likeness (QED) is 0.710. The van der Waals surface area contributed by atoms with Crippen LogP contribution in [0, 0.1) is 0 Å². The van der Waals surface area contributed by atoms with Crippen LogP contribution in [0.3, 0.4) is 0 Å². The summed E-state index contributed by atoms with van der Waals surface area (Å²) < 4.78 is 29.3. The number of nitrogens with zero attached hydrogens (tertiary/aromatic N) is 1. The molecule has 0 atom stereocenters. The molecule has 4 nitrogen and oxygen atoms in total. The Morgan fingerprint density at radius 3 is 2.56 bits per heavy atom. The summed E-state index contributed by atoms with van der Waals surface area (Å²) in [5, 5.41) is 18.4. The van der Waals surface area contributed by atoms with Crippen molar-refractivity contribution in [2.24, 2.45) is 0 Å². The number of alkyl halides is 2. The van der Waals surface area contributed by atoms with Crippen molar-refractivity contribution in [1.29, 1.82) is 0 Å². The Hall–Kier alpha value is -1.18. The first-order valence-electron chi connectivity index (χ1n) is 5.43. The lowest BCUT2D eigenvalue weighted by atomic mass is 9.78. The molecular weight excluding hydrogens is 243 g/mol. The van der Waals surface area contributed by atoms with Gasteiger partial charge in [-0.25, -0.2) is 8.78 Å². The number of rotatable bonds is 6. The minimum Gasteiger partial charge on any atom is -0.497 e.